The van der Waals surface area contributed by atoms with Crippen molar-refractivity contribution in [2.75, 3.05) is 12.4 Å². The molecule has 0 spiro atoms. The van der Waals surface area contributed by atoms with Crippen molar-refractivity contribution in [3.05, 3.63) is 71.4 Å². The standard InChI is InChI=1S/C18H15F2N3O2/c1-11-9-17(23(22-11)15-6-4-3-5-13(15)19)21-18(24)12-7-8-16(25-2)14(20)10-12/h3-10H,1-2H3,(H,21,24). The summed E-state index contributed by atoms with van der Waals surface area (Å²) in [4.78, 5) is 12.4. The maximum atomic E-state index is 14.0. The van der Waals surface area contributed by atoms with Gasteiger partial charge in [0.2, 0.25) is 0 Å². The van der Waals surface area contributed by atoms with Crippen molar-refractivity contribution in [1.82, 2.24) is 9.78 Å². The first kappa shape index (κ1) is 16.6. The molecule has 2 aromatic carbocycles. The van der Waals surface area contributed by atoms with Crippen molar-refractivity contribution >= 4 is 11.7 Å². The van der Waals surface area contributed by atoms with Gasteiger partial charge in [-0.3, -0.25) is 4.79 Å². The van der Waals surface area contributed by atoms with E-state index in [9.17, 15) is 13.6 Å². The molecular weight excluding hydrogens is 328 g/mol. The first-order valence-corrected chi connectivity index (χ1v) is 7.46. The molecule has 128 valence electrons. The largest absolute Gasteiger partial charge is 0.494 e. The van der Waals surface area contributed by atoms with E-state index in [2.05, 4.69) is 10.4 Å². The molecule has 0 saturated carbocycles. The van der Waals surface area contributed by atoms with Gasteiger partial charge in [-0.25, -0.2) is 13.5 Å². The Bertz CT molecular complexity index is 938. The number of para-hydroxylation sites is 1. The maximum Gasteiger partial charge on any atom is 0.256 e. The number of aromatic nitrogens is 2. The fourth-order valence-electron chi connectivity index (χ4n) is 2.39. The van der Waals surface area contributed by atoms with Crippen LogP contribution in [0.3, 0.4) is 0 Å². The lowest BCUT2D eigenvalue weighted by molar-refractivity contribution is 0.102. The zero-order chi connectivity index (χ0) is 18.0. The van der Waals surface area contributed by atoms with Crippen molar-refractivity contribution in [3.63, 3.8) is 0 Å². The highest BCUT2D eigenvalue weighted by Gasteiger charge is 2.16. The first-order chi connectivity index (χ1) is 12.0. The van der Waals surface area contributed by atoms with Crippen LogP contribution in [0.1, 0.15) is 16.1 Å². The molecule has 0 aliphatic rings. The molecule has 25 heavy (non-hydrogen) atoms. The van der Waals surface area contributed by atoms with Crippen LogP contribution in [0, 0.1) is 18.6 Å². The third-order valence-electron chi connectivity index (χ3n) is 3.57. The second-order valence-corrected chi connectivity index (χ2v) is 5.34. The van der Waals surface area contributed by atoms with E-state index in [0.29, 0.717) is 5.69 Å². The Kier molecular flexibility index (Phi) is 4.47. The van der Waals surface area contributed by atoms with Gasteiger partial charge < -0.3 is 10.1 Å². The van der Waals surface area contributed by atoms with E-state index in [-0.39, 0.29) is 22.8 Å². The Labute approximate surface area is 142 Å². The quantitative estimate of drug-likeness (QED) is 0.785. The summed E-state index contributed by atoms with van der Waals surface area (Å²) in [6.07, 6.45) is 0. The van der Waals surface area contributed by atoms with E-state index in [0.717, 1.165) is 6.07 Å². The van der Waals surface area contributed by atoms with E-state index in [1.165, 1.54) is 30.0 Å². The van der Waals surface area contributed by atoms with E-state index < -0.39 is 17.5 Å². The molecular formula is C18H15F2N3O2. The van der Waals surface area contributed by atoms with E-state index in [1.54, 1.807) is 31.2 Å². The fourth-order valence-corrected chi connectivity index (χ4v) is 2.39. The predicted molar refractivity (Wildman–Crippen MR) is 89.2 cm³/mol. The molecule has 5 nitrogen and oxygen atoms in total. The highest BCUT2D eigenvalue weighted by Crippen LogP contribution is 2.22. The highest BCUT2D eigenvalue weighted by atomic mass is 19.1. The van der Waals surface area contributed by atoms with E-state index >= 15 is 0 Å². The molecule has 0 fully saturated rings. The molecule has 0 unspecified atom stereocenters. The molecule has 0 bridgehead atoms. The van der Waals surface area contributed by atoms with Crippen molar-refractivity contribution < 1.29 is 18.3 Å². The summed E-state index contributed by atoms with van der Waals surface area (Å²) in [5.74, 6) is -1.34. The summed E-state index contributed by atoms with van der Waals surface area (Å²) >= 11 is 0. The number of nitrogens with one attached hydrogen (secondary N) is 1. The SMILES string of the molecule is COc1ccc(C(=O)Nc2cc(C)nn2-c2ccccc2F)cc1F. The summed E-state index contributed by atoms with van der Waals surface area (Å²) in [6, 6.07) is 11.6. The van der Waals surface area contributed by atoms with Crippen LogP contribution < -0.4 is 10.1 Å². The Morgan fingerprint density at radius 3 is 2.56 bits per heavy atom. The second-order valence-electron chi connectivity index (χ2n) is 5.34. The molecule has 0 atom stereocenters. The molecule has 0 aliphatic carbocycles. The molecule has 0 saturated heterocycles. The number of hydrogen-bond donors (Lipinski definition) is 1. The van der Waals surface area contributed by atoms with Gasteiger partial charge >= 0.3 is 0 Å². The fraction of sp³-hybridized carbons (Fsp3) is 0.111. The molecule has 1 heterocycles. The zero-order valence-electron chi connectivity index (χ0n) is 13.6. The highest BCUT2D eigenvalue weighted by molar-refractivity contribution is 6.04. The Balaban J connectivity index is 1.92. The Morgan fingerprint density at radius 1 is 1.12 bits per heavy atom. The van der Waals surface area contributed by atoms with Crippen LogP contribution in [0.5, 0.6) is 5.75 Å². The number of benzene rings is 2. The number of aryl methyl sites for hydroxylation is 1. The van der Waals surface area contributed by atoms with Crippen LogP contribution in [0.15, 0.2) is 48.5 Å². The number of carbonyl (C=O) groups is 1. The van der Waals surface area contributed by atoms with Gasteiger partial charge in [0, 0.05) is 11.6 Å². The van der Waals surface area contributed by atoms with Gasteiger partial charge in [0.25, 0.3) is 5.91 Å². The third kappa shape index (κ3) is 3.35. The summed E-state index contributed by atoms with van der Waals surface area (Å²) in [7, 11) is 1.34. The van der Waals surface area contributed by atoms with Gasteiger partial charge in [0.05, 0.1) is 12.8 Å². The van der Waals surface area contributed by atoms with Crippen molar-refractivity contribution in [3.8, 4) is 11.4 Å². The van der Waals surface area contributed by atoms with Gasteiger partial charge in [0.15, 0.2) is 11.6 Å². The molecule has 1 N–H and O–H groups in total. The zero-order valence-corrected chi connectivity index (χ0v) is 13.6. The maximum absolute atomic E-state index is 14.0. The lowest BCUT2D eigenvalue weighted by Gasteiger charge is -2.10. The predicted octanol–water partition coefficient (Wildman–Crippen LogP) is 3.72. The molecule has 3 rings (SSSR count). The number of amides is 1. The first-order valence-electron chi connectivity index (χ1n) is 7.46. The average Bonchev–Trinajstić information content (AvgIpc) is 2.95. The van der Waals surface area contributed by atoms with Crippen LogP contribution in [0.4, 0.5) is 14.6 Å². The Hall–Kier alpha value is -3.22. The lowest BCUT2D eigenvalue weighted by atomic mass is 10.2. The number of hydrogen-bond acceptors (Lipinski definition) is 3. The molecule has 1 aromatic heterocycles. The lowest BCUT2D eigenvalue weighted by Crippen LogP contribution is -2.16. The van der Waals surface area contributed by atoms with Crippen molar-refractivity contribution in [2.45, 2.75) is 6.92 Å². The van der Waals surface area contributed by atoms with Crippen molar-refractivity contribution in [2.24, 2.45) is 0 Å². The smallest absolute Gasteiger partial charge is 0.256 e. The van der Waals surface area contributed by atoms with E-state index in [4.69, 9.17) is 4.74 Å². The molecule has 1 amide bonds. The van der Waals surface area contributed by atoms with Gasteiger partial charge in [-0.15, -0.1) is 0 Å². The van der Waals surface area contributed by atoms with Crippen LogP contribution >= 0.6 is 0 Å². The molecule has 7 heteroatoms. The number of rotatable bonds is 4. The minimum absolute atomic E-state index is 0.0452. The third-order valence-corrected chi connectivity index (χ3v) is 3.57. The van der Waals surface area contributed by atoms with Crippen molar-refractivity contribution in [1.29, 1.82) is 0 Å². The number of anilines is 1. The van der Waals surface area contributed by atoms with Gasteiger partial charge in [0.1, 0.15) is 17.3 Å². The number of methoxy groups -OCH3 is 1. The van der Waals surface area contributed by atoms with Crippen LogP contribution in [-0.4, -0.2) is 22.8 Å². The van der Waals surface area contributed by atoms with Crippen LogP contribution in [-0.2, 0) is 0 Å². The summed E-state index contributed by atoms with van der Waals surface area (Å²) in [5.41, 5.74) is 0.906. The van der Waals surface area contributed by atoms with Gasteiger partial charge in [-0.05, 0) is 37.3 Å². The number of halogens is 2. The summed E-state index contributed by atoms with van der Waals surface area (Å²) < 4.78 is 33.9. The monoisotopic (exact) mass is 343 g/mol. The topological polar surface area (TPSA) is 56.1 Å². The number of nitrogens with zero attached hydrogens (tertiary/aromatic N) is 2. The number of carbonyl (C=O) groups excluding carboxylic acids is 1. The van der Waals surface area contributed by atoms with Gasteiger partial charge in [-0.1, -0.05) is 12.1 Å². The minimum Gasteiger partial charge on any atom is -0.494 e. The normalized spacial score (nSPS) is 10.6. The Morgan fingerprint density at radius 2 is 1.88 bits per heavy atom. The molecule has 0 aliphatic heterocycles. The van der Waals surface area contributed by atoms with E-state index in [1.807, 2.05) is 0 Å². The summed E-state index contributed by atoms with van der Waals surface area (Å²) in [5, 5.41) is 6.83. The van der Waals surface area contributed by atoms with Crippen LogP contribution in [0.25, 0.3) is 5.69 Å². The molecule has 0 radical (unpaired) electrons. The number of ether oxygens (including phenoxy) is 1. The summed E-state index contributed by atoms with van der Waals surface area (Å²) in [6.45, 7) is 1.72. The second kappa shape index (κ2) is 6.72. The minimum atomic E-state index is -0.644. The molecule has 3 aromatic rings. The average molecular weight is 343 g/mol. The van der Waals surface area contributed by atoms with Crippen LogP contribution in [0.2, 0.25) is 0 Å². The van der Waals surface area contributed by atoms with Gasteiger partial charge in [-0.2, -0.15) is 5.10 Å².